The van der Waals surface area contributed by atoms with Gasteiger partial charge in [-0.3, -0.25) is 0 Å². The summed E-state index contributed by atoms with van der Waals surface area (Å²) in [6.07, 6.45) is 2.73. The van der Waals surface area contributed by atoms with E-state index < -0.39 is 11.9 Å². The number of unbranched alkanes of at least 4 members (excludes halogenated alkanes) is 3. The molecule has 0 heterocycles. The average molecular weight is 293 g/mol. The molecule has 0 aliphatic rings. The number of carboxylic acid groups (broad SMARTS) is 2. The van der Waals surface area contributed by atoms with E-state index in [1.807, 2.05) is 0 Å². The van der Waals surface area contributed by atoms with Gasteiger partial charge >= 0.3 is 23.9 Å². The fourth-order valence-corrected chi connectivity index (χ4v) is 0.892. The molecule has 0 spiro atoms. The Morgan fingerprint density at radius 3 is 1.31 bits per heavy atom. The summed E-state index contributed by atoms with van der Waals surface area (Å²) < 4.78 is 0. The molecule has 0 aromatic rings. The van der Waals surface area contributed by atoms with Crippen LogP contribution in [-0.4, -0.2) is 35.8 Å². The average Bonchev–Trinajstić information content (AvgIpc) is 1.95. The third kappa shape index (κ3) is 14.6. The summed E-state index contributed by atoms with van der Waals surface area (Å²) in [5.74, 6) is -2.09. The first-order valence-electron chi connectivity index (χ1n) is 4.02. The minimum atomic E-state index is -1.05. The van der Waals surface area contributed by atoms with E-state index in [1.54, 1.807) is 0 Å². The van der Waals surface area contributed by atoms with Gasteiger partial charge in [0, 0.05) is 11.9 Å². The summed E-state index contributed by atoms with van der Waals surface area (Å²) in [4.78, 5) is 19.8. The molecule has 0 fully saturated rings. The molecular formula is C8H14O4Sn. The van der Waals surface area contributed by atoms with Crippen molar-refractivity contribution in [3.8, 4) is 0 Å². The monoisotopic (exact) mass is 294 g/mol. The molecule has 13 heavy (non-hydrogen) atoms. The Bertz CT molecular complexity index is 140. The van der Waals surface area contributed by atoms with Crippen molar-refractivity contribution in [3.05, 3.63) is 0 Å². The van der Waals surface area contributed by atoms with Crippen LogP contribution in [0.25, 0.3) is 0 Å². The van der Waals surface area contributed by atoms with Crippen molar-refractivity contribution in [2.75, 3.05) is 0 Å². The van der Waals surface area contributed by atoms with Crippen molar-refractivity contribution >= 4 is 35.8 Å². The van der Waals surface area contributed by atoms with E-state index in [-0.39, 0.29) is 36.7 Å². The van der Waals surface area contributed by atoms with Crippen LogP contribution < -0.4 is 10.2 Å². The molecule has 0 bridgehead atoms. The van der Waals surface area contributed by atoms with Gasteiger partial charge in [0.25, 0.3) is 0 Å². The molecule has 74 valence electrons. The summed E-state index contributed by atoms with van der Waals surface area (Å²) in [6.45, 7) is 0. The normalized spacial score (nSPS) is 8.92. The molecule has 4 nitrogen and oxygen atoms in total. The van der Waals surface area contributed by atoms with Crippen LogP contribution in [-0.2, 0) is 9.59 Å². The van der Waals surface area contributed by atoms with E-state index in [2.05, 4.69) is 0 Å². The third-order valence-corrected chi connectivity index (χ3v) is 1.51. The summed E-state index contributed by atoms with van der Waals surface area (Å²) in [5.41, 5.74) is 0. The number of carboxylic acids is 2. The number of carbonyl (C=O) groups excluding carboxylic acids is 2. The van der Waals surface area contributed by atoms with E-state index in [9.17, 15) is 19.8 Å². The second kappa shape index (κ2) is 9.82. The Morgan fingerprint density at radius 2 is 1.08 bits per heavy atom. The molecule has 0 unspecified atom stereocenters. The van der Waals surface area contributed by atoms with Gasteiger partial charge in [-0.05, 0) is 25.7 Å². The van der Waals surface area contributed by atoms with Crippen LogP contribution in [0.1, 0.15) is 38.5 Å². The first kappa shape index (κ1) is 15.2. The van der Waals surface area contributed by atoms with Crippen LogP contribution in [0.3, 0.4) is 0 Å². The Hall–Kier alpha value is -0.261. The molecule has 0 N–H and O–H groups in total. The van der Waals surface area contributed by atoms with Crippen LogP contribution in [0.15, 0.2) is 0 Å². The Kier molecular flexibility index (Phi) is 11.5. The van der Waals surface area contributed by atoms with Crippen LogP contribution >= 0.6 is 0 Å². The number of rotatable bonds is 7. The molecule has 5 heteroatoms. The van der Waals surface area contributed by atoms with Crippen LogP contribution in [0.2, 0.25) is 0 Å². The first-order valence-corrected chi connectivity index (χ1v) is 4.02. The molecular weight excluding hydrogens is 279 g/mol. The van der Waals surface area contributed by atoms with Gasteiger partial charge in [0.2, 0.25) is 0 Å². The maximum atomic E-state index is 9.92. The molecule has 0 rings (SSSR count). The second-order valence-electron chi connectivity index (χ2n) is 2.66. The molecule has 0 aromatic carbocycles. The Balaban J connectivity index is 0. The summed E-state index contributed by atoms with van der Waals surface area (Å²) in [6, 6.07) is 0. The van der Waals surface area contributed by atoms with E-state index in [0.29, 0.717) is 12.8 Å². The van der Waals surface area contributed by atoms with Gasteiger partial charge < -0.3 is 19.8 Å². The first-order chi connectivity index (χ1) is 5.63. The zero-order valence-corrected chi connectivity index (χ0v) is 11.6. The second-order valence-corrected chi connectivity index (χ2v) is 2.66. The van der Waals surface area contributed by atoms with Crippen molar-refractivity contribution in [2.24, 2.45) is 0 Å². The molecule has 0 amide bonds. The summed E-state index contributed by atoms with van der Waals surface area (Å²) in [5, 5.41) is 19.8. The zero-order valence-electron chi connectivity index (χ0n) is 7.58. The van der Waals surface area contributed by atoms with Gasteiger partial charge in [0.15, 0.2) is 0 Å². The van der Waals surface area contributed by atoms with Crippen molar-refractivity contribution in [2.45, 2.75) is 38.5 Å². The van der Waals surface area contributed by atoms with Crippen molar-refractivity contribution in [3.63, 3.8) is 0 Å². The van der Waals surface area contributed by atoms with E-state index in [4.69, 9.17) is 0 Å². The van der Waals surface area contributed by atoms with Gasteiger partial charge in [-0.15, -0.1) is 0 Å². The van der Waals surface area contributed by atoms with Gasteiger partial charge in [-0.25, -0.2) is 0 Å². The van der Waals surface area contributed by atoms with Gasteiger partial charge in [0.05, 0.1) is 0 Å². The number of carbonyl (C=O) groups is 2. The molecule has 0 radical (unpaired) electrons. The van der Waals surface area contributed by atoms with Gasteiger partial charge in [-0.1, -0.05) is 12.8 Å². The number of aliphatic carboxylic acids is 2. The standard InChI is InChI=1S/C8H14O4.Sn.2H/c9-7(10)5-3-1-2-4-6-8(11)12;;;/h1-6H2,(H,9,10)(H,11,12);;;/q;+2;;/p-2. The minimum absolute atomic E-state index is 0. The fourth-order valence-electron chi connectivity index (χ4n) is 0.892. The van der Waals surface area contributed by atoms with Crippen molar-refractivity contribution in [1.82, 2.24) is 0 Å². The predicted molar refractivity (Wildman–Crippen MR) is 46.3 cm³/mol. The van der Waals surface area contributed by atoms with E-state index in [1.165, 1.54) is 0 Å². The Morgan fingerprint density at radius 1 is 0.769 bits per heavy atom. The Labute approximate surface area is 94.3 Å². The number of hydrogen-bond donors (Lipinski definition) is 0. The van der Waals surface area contributed by atoms with Crippen molar-refractivity contribution in [1.29, 1.82) is 0 Å². The zero-order chi connectivity index (χ0) is 9.40. The van der Waals surface area contributed by atoms with Crippen LogP contribution in [0.4, 0.5) is 0 Å². The van der Waals surface area contributed by atoms with Crippen LogP contribution in [0.5, 0.6) is 0 Å². The van der Waals surface area contributed by atoms with E-state index >= 15 is 0 Å². The molecule has 0 aliphatic carbocycles. The maximum absolute atomic E-state index is 9.92. The third-order valence-electron chi connectivity index (χ3n) is 1.51. The SMILES string of the molecule is O=C([O-])CCCCCCC(=O)[O-].[SnH2+2]. The molecule has 0 saturated heterocycles. The molecule has 0 aliphatic heterocycles. The summed E-state index contributed by atoms with van der Waals surface area (Å²) in [7, 11) is 0. The molecule has 0 atom stereocenters. The topological polar surface area (TPSA) is 80.3 Å². The molecule has 0 aromatic heterocycles. The quantitative estimate of drug-likeness (QED) is 0.398. The van der Waals surface area contributed by atoms with E-state index in [0.717, 1.165) is 12.8 Å². The van der Waals surface area contributed by atoms with Gasteiger partial charge in [0.1, 0.15) is 0 Å². The summed E-state index contributed by atoms with van der Waals surface area (Å²) >= 11 is 0. The number of hydrogen-bond acceptors (Lipinski definition) is 4. The predicted octanol–water partition coefficient (Wildman–Crippen LogP) is -2.09. The van der Waals surface area contributed by atoms with Crippen molar-refractivity contribution < 1.29 is 19.8 Å². The van der Waals surface area contributed by atoms with Crippen LogP contribution in [0, 0.1) is 0 Å². The van der Waals surface area contributed by atoms with Gasteiger partial charge in [-0.2, -0.15) is 0 Å². The molecule has 0 saturated carbocycles. The fraction of sp³-hybridized carbons (Fsp3) is 0.750.